The first-order chi connectivity index (χ1) is 12.7. The summed E-state index contributed by atoms with van der Waals surface area (Å²) in [6.07, 6.45) is 1.48. The van der Waals surface area contributed by atoms with Crippen LogP contribution in [0.25, 0.3) is 10.9 Å². The molecule has 0 fully saturated rings. The normalized spacial score (nSPS) is 10.5. The second-order valence-electron chi connectivity index (χ2n) is 5.30. The highest BCUT2D eigenvalue weighted by Gasteiger charge is 2.14. The third-order valence-corrected chi connectivity index (χ3v) is 4.55. The van der Waals surface area contributed by atoms with E-state index in [1.165, 1.54) is 18.1 Å². The van der Waals surface area contributed by atoms with Crippen LogP contribution < -0.4 is 5.32 Å². The highest BCUT2D eigenvalue weighted by Crippen LogP contribution is 2.24. The summed E-state index contributed by atoms with van der Waals surface area (Å²) in [4.78, 5) is 32.8. The molecule has 3 aromatic rings. The molecule has 0 unspecified atom stereocenters. The second-order valence-corrected chi connectivity index (χ2v) is 6.26. The first kappa shape index (κ1) is 17.9. The van der Waals surface area contributed by atoms with Crippen LogP contribution in [0.3, 0.4) is 0 Å². The summed E-state index contributed by atoms with van der Waals surface area (Å²) in [5, 5.41) is 4.41. The Kier molecular flexibility index (Phi) is 5.80. The average molecular weight is 367 g/mol. The number of nitrogens with zero attached hydrogens (tertiary/aromatic N) is 2. The van der Waals surface area contributed by atoms with E-state index in [9.17, 15) is 9.59 Å². The lowest BCUT2D eigenvalue weighted by Crippen LogP contribution is -2.17. The van der Waals surface area contributed by atoms with E-state index in [0.29, 0.717) is 11.3 Å². The SMILES string of the molecule is CCOC(=O)c1ccccc1NC(=O)CSc1ncnc2ccccc12. The zero-order chi connectivity index (χ0) is 18.4. The molecule has 0 aliphatic carbocycles. The van der Waals surface area contributed by atoms with Crippen molar-refractivity contribution >= 4 is 40.2 Å². The Morgan fingerprint density at radius 2 is 1.85 bits per heavy atom. The number of thioether (sulfide) groups is 1. The molecule has 1 aromatic heterocycles. The molecule has 0 aliphatic rings. The minimum Gasteiger partial charge on any atom is -0.462 e. The summed E-state index contributed by atoms with van der Waals surface area (Å²) in [6.45, 7) is 2.01. The molecule has 2 aromatic carbocycles. The van der Waals surface area contributed by atoms with Gasteiger partial charge in [-0.15, -0.1) is 0 Å². The quantitative estimate of drug-likeness (QED) is 0.408. The van der Waals surface area contributed by atoms with Gasteiger partial charge in [0.05, 0.1) is 29.1 Å². The van der Waals surface area contributed by atoms with Gasteiger partial charge >= 0.3 is 5.97 Å². The molecule has 0 radical (unpaired) electrons. The van der Waals surface area contributed by atoms with E-state index in [1.807, 2.05) is 24.3 Å². The Morgan fingerprint density at radius 3 is 2.69 bits per heavy atom. The fourth-order valence-electron chi connectivity index (χ4n) is 2.39. The molecular weight excluding hydrogens is 350 g/mol. The molecule has 0 aliphatic heterocycles. The van der Waals surface area contributed by atoms with Gasteiger partial charge in [-0.3, -0.25) is 4.79 Å². The van der Waals surface area contributed by atoms with Crippen molar-refractivity contribution in [3.63, 3.8) is 0 Å². The molecule has 1 N–H and O–H groups in total. The maximum atomic E-state index is 12.3. The molecule has 0 saturated heterocycles. The van der Waals surface area contributed by atoms with Crippen LogP contribution >= 0.6 is 11.8 Å². The van der Waals surface area contributed by atoms with Crippen molar-refractivity contribution in [2.24, 2.45) is 0 Å². The molecular formula is C19H17N3O3S. The number of anilines is 1. The smallest absolute Gasteiger partial charge is 0.340 e. The van der Waals surface area contributed by atoms with Crippen LogP contribution in [0.4, 0.5) is 5.69 Å². The van der Waals surface area contributed by atoms with Crippen LogP contribution in [-0.4, -0.2) is 34.2 Å². The van der Waals surface area contributed by atoms with E-state index >= 15 is 0 Å². The Hall–Kier alpha value is -2.93. The van der Waals surface area contributed by atoms with E-state index < -0.39 is 5.97 Å². The van der Waals surface area contributed by atoms with Gasteiger partial charge in [0.15, 0.2) is 0 Å². The third-order valence-electron chi connectivity index (χ3n) is 3.54. The van der Waals surface area contributed by atoms with Crippen LogP contribution in [0.1, 0.15) is 17.3 Å². The van der Waals surface area contributed by atoms with Crippen LogP contribution in [0, 0.1) is 0 Å². The van der Waals surface area contributed by atoms with Gasteiger partial charge in [0.25, 0.3) is 0 Å². The molecule has 0 saturated carbocycles. The summed E-state index contributed by atoms with van der Waals surface area (Å²) >= 11 is 1.32. The number of nitrogens with one attached hydrogen (secondary N) is 1. The van der Waals surface area contributed by atoms with Gasteiger partial charge < -0.3 is 10.1 Å². The highest BCUT2D eigenvalue weighted by atomic mass is 32.2. The van der Waals surface area contributed by atoms with Gasteiger partial charge in [-0.2, -0.15) is 0 Å². The van der Waals surface area contributed by atoms with E-state index in [2.05, 4.69) is 15.3 Å². The molecule has 1 amide bonds. The Bertz CT molecular complexity index is 941. The number of para-hydroxylation sites is 2. The summed E-state index contributed by atoms with van der Waals surface area (Å²) in [5.74, 6) is -0.523. The van der Waals surface area contributed by atoms with E-state index in [0.717, 1.165) is 15.9 Å². The maximum Gasteiger partial charge on any atom is 0.340 e. The lowest BCUT2D eigenvalue weighted by atomic mass is 10.2. The summed E-state index contributed by atoms with van der Waals surface area (Å²) < 4.78 is 5.02. The van der Waals surface area contributed by atoms with Crippen molar-refractivity contribution in [2.75, 3.05) is 17.7 Å². The summed E-state index contributed by atoms with van der Waals surface area (Å²) in [6, 6.07) is 14.4. The van der Waals surface area contributed by atoms with Crippen molar-refractivity contribution in [1.29, 1.82) is 0 Å². The Labute approximate surface area is 155 Å². The van der Waals surface area contributed by atoms with Crippen LogP contribution in [0.15, 0.2) is 59.9 Å². The predicted molar refractivity (Wildman–Crippen MR) is 101 cm³/mol. The van der Waals surface area contributed by atoms with E-state index in [-0.39, 0.29) is 18.3 Å². The lowest BCUT2D eigenvalue weighted by Gasteiger charge is -2.10. The van der Waals surface area contributed by atoms with Gasteiger partial charge in [0.2, 0.25) is 5.91 Å². The fraction of sp³-hybridized carbons (Fsp3) is 0.158. The maximum absolute atomic E-state index is 12.3. The standard InChI is InChI=1S/C19H17N3O3S/c1-2-25-19(24)14-8-4-6-10-16(14)22-17(23)11-26-18-13-7-3-5-9-15(13)20-12-21-18/h3-10,12H,2,11H2,1H3,(H,22,23). The van der Waals surface area contributed by atoms with Gasteiger partial charge in [0, 0.05) is 5.39 Å². The average Bonchev–Trinajstić information content (AvgIpc) is 2.67. The first-order valence-corrected chi connectivity index (χ1v) is 9.06. The van der Waals surface area contributed by atoms with Crippen molar-refractivity contribution in [3.05, 3.63) is 60.4 Å². The molecule has 7 heteroatoms. The summed E-state index contributed by atoms with van der Waals surface area (Å²) in [7, 11) is 0. The number of benzene rings is 2. The van der Waals surface area contributed by atoms with Crippen LogP contribution in [0.5, 0.6) is 0 Å². The second kappa shape index (κ2) is 8.44. The number of carbonyl (C=O) groups excluding carboxylic acids is 2. The number of hydrogen-bond acceptors (Lipinski definition) is 6. The molecule has 0 atom stereocenters. The zero-order valence-corrected chi connectivity index (χ0v) is 15.0. The minimum absolute atomic E-state index is 0.165. The fourth-order valence-corrected chi connectivity index (χ4v) is 3.18. The molecule has 3 rings (SSSR count). The van der Waals surface area contributed by atoms with Crippen molar-refractivity contribution < 1.29 is 14.3 Å². The predicted octanol–water partition coefficient (Wildman–Crippen LogP) is 3.54. The van der Waals surface area contributed by atoms with Crippen molar-refractivity contribution in [1.82, 2.24) is 9.97 Å². The van der Waals surface area contributed by atoms with E-state index in [4.69, 9.17) is 4.74 Å². The molecule has 1 heterocycles. The van der Waals surface area contributed by atoms with Gasteiger partial charge in [-0.25, -0.2) is 14.8 Å². The minimum atomic E-state index is -0.460. The van der Waals surface area contributed by atoms with Gasteiger partial charge in [-0.1, -0.05) is 42.1 Å². The molecule has 132 valence electrons. The number of esters is 1. The molecule has 0 spiro atoms. The van der Waals surface area contributed by atoms with Crippen LogP contribution in [-0.2, 0) is 9.53 Å². The zero-order valence-electron chi connectivity index (χ0n) is 14.1. The number of rotatable bonds is 6. The molecule has 6 nitrogen and oxygen atoms in total. The highest BCUT2D eigenvalue weighted by molar-refractivity contribution is 8.00. The van der Waals surface area contributed by atoms with Gasteiger partial charge in [0.1, 0.15) is 11.4 Å². The first-order valence-electron chi connectivity index (χ1n) is 8.07. The Morgan fingerprint density at radius 1 is 1.08 bits per heavy atom. The molecule has 0 bridgehead atoms. The number of ether oxygens (including phenoxy) is 1. The largest absolute Gasteiger partial charge is 0.462 e. The monoisotopic (exact) mass is 367 g/mol. The van der Waals surface area contributed by atoms with Gasteiger partial charge in [-0.05, 0) is 25.1 Å². The molecule has 26 heavy (non-hydrogen) atoms. The summed E-state index contributed by atoms with van der Waals surface area (Å²) in [5.41, 5.74) is 1.60. The number of fused-ring (bicyclic) bond motifs is 1. The number of aromatic nitrogens is 2. The number of amides is 1. The topological polar surface area (TPSA) is 81.2 Å². The van der Waals surface area contributed by atoms with Crippen molar-refractivity contribution in [3.8, 4) is 0 Å². The lowest BCUT2D eigenvalue weighted by molar-refractivity contribution is -0.113. The van der Waals surface area contributed by atoms with Crippen molar-refractivity contribution in [2.45, 2.75) is 11.9 Å². The third kappa shape index (κ3) is 4.18. The Balaban J connectivity index is 1.69. The van der Waals surface area contributed by atoms with Crippen LogP contribution in [0.2, 0.25) is 0 Å². The number of carbonyl (C=O) groups is 2. The number of hydrogen-bond donors (Lipinski definition) is 1. The van der Waals surface area contributed by atoms with E-state index in [1.54, 1.807) is 31.2 Å².